The third-order valence-electron chi connectivity index (χ3n) is 4.22. The van der Waals surface area contributed by atoms with Crippen LogP contribution in [-0.4, -0.2) is 23.8 Å². The lowest BCUT2D eigenvalue weighted by atomic mass is 9.93. The van der Waals surface area contributed by atoms with Crippen LogP contribution in [0.25, 0.3) is 6.08 Å². The third kappa shape index (κ3) is 2.15. The molecular formula is C16H18O4. The second-order valence-corrected chi connectivity index (χ2v) is 5.51. The predicted octanol–water partition coefficient (Wildman–Crippen LogP) is 3.04. The standard InChI is InChI=1S/C16H18O4/c1-19-13-6-4-11(5-7-14(17)18)12-10-16(20-15(12)13)8-2-3-9-16/h4-7H,2-3,8-10H2,1H3,(H,17,18)/b7-5+. The van der Waals surface area contributed by atoms with Crippen molar-refractivity contribution in [3.63, 3.8) is 0 Å². The minimum Gasteiger partial charge on any atom is -0.493 e. The highest BCUT2D eigenvalue weighted by molar-refractivity contribution is 5.86. The minimum absolute atomic E-state index is 0.0945. The number of hydrogen-bond acceptors (Lipinski definition) is 3. The van der Waals surface area contributed by atoms with Gasteiger partial charge in [-0.3, -0.25) is 0 Å². The van der Waals surface area contributed by atoms with E-state index in [2.05, 4.69) is 0 Å². The summed E-state index contributed by atoms with van der Waals surface area (Å²) >= 11 is 0. The van der Waals surface area contributed by atoms with Crippen molar-refractivity contribution in [3.05, 3.63) is 29.3 Å². The first-order valence-corrected chi connectivity index (χ1v) is 6.93. The van der Waals surface area contributed by atoms with Gasteiger partial charge < -0.3 is 14.6 Å². The molecule has 0 aromatic heterocycles. The summed E-state index contributed by atoms with van der Waals surface area (Å²) in [4.78, 5) is 10.7. The zero-order chi connectivity index (χ0) is 14.2. The van der Waals surface area contributed by atoms with Crippen LogP contribution < -0.4 is 9.47 Å². The number of fused-ring (bicyclic) bond motifs is 1. The first kappa shape index (κ1) is 13.0. The fourth-order valence-electron chi connectivity index (χ4n) is 3.27. The van der Waals surface area contributed by atoms with Crippen LogP contribution in [0.3, 0.4) is 0 Å². The number of carboxylic acids is 1. The SMILES string of the molecule is COc1ccc(/C=C/C(=O)O)c2c1OC1(CCCC1)C2. The number of methoxy groups -OCH3 is 1. The van der Waals surface area contributed by atoms with E-state index in [9.17, 15) is 4.79 Å². The van der Waals surface area contributed by atoms with E-state index < -0.39 is 5.97 Å². The maximum atomic E-state index is 10.7. The highest BCUT2D eigenvalue weighted by Gasteiger charge is 2.43. The third-order valence-corrected chi connectivity index (χ3v) is 4.22. The molecule has 1 N–H and O–H groups in total. The number of carboxylic acid groups (broad SMARTS) is 1. The van der Waals surface area contributed by atoms with Crippen molar-refractivity contribution in [1.82, 2.24) is 0 Å². The van der Waals surface area contributed by atoms with Crippen LogP contribution in [0.5, 0.6) is 11.5 Å². The Kier molecular flexibility index (Phi) is 3.16. The van der Waals surface area contributed by atoms with Gasteiger partial charge in [-0.2, -0.15) is 0 Å². The lowest BCUT2D eigenvalue weighted by molar-refractivity contribution is -0.131. The molecule has 0 bridgehead atoms. The predicted molar refractivity (Wildman–Crippen MR) is 75.2 cm³/mol. The van der Waals surface area contributed by atoms with Crippen molar-refractivity contribution >= 4 is 12.0 Å². The van der Waals surface area contributed by atoms with Crippen LogP contribution in [0.2, 0.25) is 0 Å². The molecule has 0 amide bonds. The van der Waals surface area contributed by atoms with Gasteiger partial charge in [0.2, 0.25) is 0 Å². The van der Waals surface area contributed by atoms with Crippen molar-refractivity contribution in [3.8, 4) is 11.5 Å². The van der Waals surface area contributed by atoms with Gasteiger partial charge >= 0.3 is 5.97 Å². The van der Waals surface area contributed by atoms with Crippen molar-refractivity contribution in [2.75, 3.05) is 7.11 Å². The molecule has 3 rings (SSSR count). The molecule has 1 aromatic carbocycles. The molecule has 4 nitrogen and oxygen atoms in total. The Morgan fingerprint density at radius 2 is 2.15 bits per heavy atom. The smallest absolute Gasteiger partial charge is 0.328 e. The van der Waals surface area contributed by atoms with Crippen LogP contribution in [-0.2, 0) is 11.2 Å². The maximum absolute atomic E-state index is 10.7. The average molecular weight is 274 g/mol. The van der Waals surface area contributed by atoms with Crippen LogP contribution in [0.4, 0.5) is 0 Å². The summed E-state index contributed by atoms with van der Waals surface area (Å²) < 4.78 is 11.6. The number of benzene rings is 1. The van der Waals surface area contributed by atoms with Crippen LogP contribution in [0, 0.1) is 0 Å². The molecule has 2 aliphatic rings. The van der Waals surface area contributed by atoms with Crippen molar-refractivity contribution in [2.24, 2.45) is 0 Å². The molecule has 0 atom stereocenters. The molecule has 1 heterocycles. The summed E-state index contributed by atoms with van der Waals surface area (Å²) in [5.41, 5.74) is 1.89. The molecule has 1 aliphatic carbocycles. The maximum Gasteiger partial charge on any atom is 0.328 e. The van der Waals surface area contributed by atoms with Crippen LogP contribution in [0.1, 0.15) is 36.8 Å². The fraction of sp³-hybridized carbons (Fsp3) is 0.438. The van der Waals surface area contributed by atoms with Gasteiger partial charge in [0, 0.05) is 18.1 Å². The van der Waals surface area contributed by atoms with Gasteiger partial charge in [-0.1, -0.05) is 6.07 Å². The van der Waals surface area contributed by atoms with Crippen molar-refractivity contribution in [1.29, 1.82) is 0 Å². The van der Waals surface area contributed by atoms with Crippen LogP contribution in [0.15, 0.2) is 18.2 Å². The Hall–Kier alpha value is -1.97. The van der Waals surface area contributed by atoms with E-state index in [1.165, 1.54) is 18.9 Å². The van der Waals surface area contributed by atoms with E-state index in [1.807, 2.05) is 12.1 Å². The van der Waals surface area contributed by atoms with E-state index in [0.717, 1.165) is 41.9 Å². The molecule has 1 aromatic rings. The highest BCUT2D eigenvalue weighted by atomic mass is 16.5. The van der Waals surface area contributed by atoms with Gasteiger partial charge in [-0.15, -0.1) is 0 Å². The number of aliphatic carboxylic acids is 1. The Morgan fingerprint density at radius 3 is 2.80 bits per heavy atom. The molecule has 0 saturated heterocycles. The first-order chi connectivity index (χ1) is 9.63. The Bertz CT molecular complexity index is 568. The molecule has 106 valence electrons. The van der Waals surface area contributed by atoms with Crippen molar-refractivity contribution < 1.29 is 19.4 Å². The molecule has 20 heavy (non-hydrogen) atoms. The van der Waals surface area contributed by atoms with Gasteiger partial charge in [0.1, 0.15) is 5.60 Å². The quantitative estimate of drug-likeness (QED) is 0.861. The molecule has 0 unspecified atom stereocenters. The monoisotopic (exact) mass is 274 g/mol. The molecule has 1 spiro atoms. The summed E-state index contributed by atoms with van der Waals surface area (Å²) in [5.74, 6) is 0.585. The number of hydrogen-bond donors (Lipinski definition) is 1. The fourth-order valence-corrected chi connectivity index (χ4v) is 3.27. The topological polar surface area (TPSA) is 55.8 Å². The molecule has 4 heteroatoms. The van der Waals surface area contributed by atoms with Gasteiger partial charge in [0.25, 0.3) is 0 Å². The Balaban J connectivity index is 2.01. The lowest BCUT2D eigenvalue weighted by Crippen LogP contribution is -2.30. The second kappa shape index (κ2) is 4.85. The average Bonchev–Trinajstić information content (AvgIpc) is 3.03. The minimum atomic E-state index is -0.941. The van der Waals surface area contributed by atoms with Crippen molar-refractivity contribution in [2.45, 2.75) is 37.7 Å². The zero-order valence-electron chi connectivity index (χ0n) is 11.5. The van der Waals surface area contributed by atoms with Gasteiger partial charge in [0.05, 0.1) is 7.11 Å². The molecule has 1 aliphatic heterocycles. The van der Waals surface area contributed by atoms with Gasteiger partial charge in [-0.05, 0) is 43.4 Å². The van der Waals surface area contributed by atoms with Crippen LogP contribution >= 0.6 is 0 Å². The molecule has 1 saturated carbocycles. The summed E-state index contributed by atoms with van der Waals surface area (Å²) in [6, 6.07) is 3.74. The van der Waals surface area contributed by atoms with E-state index in [1.54, 1.807) is 13.2 Å². The van der Waals surface area contributed by atoms with E-state index in [-0.39, 0.29) is 5.60 Å². The largest absolute Gasteiger partial charge is 0.493 e. The summed E-state index contributed by atoms with van der Waals surface area (Å²) in [5, 5.41) is 8.79. The molecule has 1 fully saturated rings. The number of ether oxygens (including phenoxy) is 2. The van der Waals surface area contributed by atoms with Gasteiger partial charge in [-0.25, -0.2) is 4.79 Å². The second-order valence-electron chi connectivity index (χ2n) is 5.51. The molecule has 0 radical (unpaired) electrons. The molecular weight excluding hydrogens is 256 g/mol. The summed E-state index contributed by atoms with van der Waals surface area (Å²) in [6.45, 7) is 0. The number of rotatable bonds is 3. The summed E-state index contributed by atoms with van der Waals surface area (Å²) in [6.07, 6.45) is 8.16. The summed E-state index contributed by atoms with van der Waals surface area (Å²) in [7, 11) is 1.63. The first-order valence-electron chi connectivity index (χ1n) is 6.93. The number of carbonyl (C=O) groups is 1. The van der Waals surface area contributed by atoms with Gasteiger partial charge in [0.15, 0.2) is 11.5 Å². The van der Waals surface area contributed by atoms with E-state index >= 15 is 0 Å². The lowest BCUT2D eigenvalue weighted by Gasteiger charge is -2.22. The zero-order valence-corrected chi connectivity index (χ0v) is 11.5. The normalized spacial score (nSPS) is 19.2. The van der Waals surface area contributed by atoms with E-state index in [0.29, 0.717) is 0 Å². The Morgan fingerprint density at radius 1 is 1.40 bits per heavy atom. The highest BCUT2D eigenvalue weighted by Crippen LogP contribution is 2.49. The Labute approximate surface area is 118 Å². The van der Waals surface area contributed by atoms with E-state index in [4.69, 9.17) is 14.6 Å².